The third kappa shape index (κ3) is 3.96. The lowest BCUT2D eigenvalue weighted by Crippen LogP contribution is -2.73. The van der Waals surface area contributed by atoms with E-state index in [9.17, 15) is 24.5 Å². The monoisotopic (exact) mass is 494 g/mol. The summed E-state index contributed by atoms with van der Waals surface area (Å²) >= 11 is 0. The van der Waals surface area contributed by atoms with E-state index in [1.807, 2.05) is 32.6 Å². The molecule has 2 heterocycles. The van der Waals surface area contributed by atoms with Crippen molar-refractivity contribution in [2.24, 2.45) is 17.3 Å². The number of hydrogen-bond donors (Lipinski definition) is 1. The van der Waals surface area contributed by atoms with E-state index in [-0.39, 0.29) is 23.9 Å². The highest BCUT2D eigenvalue weighted by atomic mass is 16.6. The van der Waals surface area contributed by atoms with Gasteiger partial charge in [-0.15, -0.1) is 0 Å². The number of hydrogen-bond acceptors (Lipinski definition) is 7. The van der Waals surface area contributed by atoms with E-state index in [0.29, 0.717) is 23.5 Å². The van der Waals surface area contributed by atoms with Gasteiger partial charge in [0.2, 0.25) is 5.91 Å². The molecule has 2 aliphatic rings. The number of rotatable bonds is 6. The molecule has 2 aromatic rings. The molecule has 1 spiro atoms. The Morgan fingerprint density at radius 3 is 2.33 bits per heavy atom. The minimum Gasteiger partial charge on any atom is -0.497 e. The summed E-state index contributed by atoms with van der Waals surface area (Å²) in [4.78, 5) is 55.0. The van der Waals surface area contributed by atoms with E-state index in [1.165, 1.54) is 19.2 Å². The lowest BCUT2D eigenvalue weighted by atomic mass is 9.65. The molecule has 0 aliphatic carbocycles. The predicted octanol–water partition coefficient (Wildman–Crippen LogP) is 3.92. The number of carbonyl (C=O) groups is 3. The first-order chi connectivity index (χ1) is 17.0. The molecule has 2 aliphatic heterocycles. The molecule has 0 aromatic heterocycles. The first-order valence-electron chi connectivity index (χ1n) is 11.9. The van der Waals surface area contributed by atoms with Gasteiger partial charge >= 0.3 is 6.03 Å². The van der Waals surface area contributed by atoms with Crippen molar-refractivity contribution < 1.29 is 24.0 Å². The van der Waals surface area contributed by atoms with Crippen LogP contribution in [0.15, 0.2) is 42.5 Å². The topological polar surface area (TPSA) is 122 Å². The maximum atomic E-state index is 14.3. The van der Waals surface area contributed by atoms with Crippen LogP contribution in [0.4, 0.5) is 21.9 Å². The van der Waals surface area contributed by atoms with Crippen LogP contribution in [-0.4, -0.2) is 42.5 Å². The fraction of sp³-hybridized carbons (Fsp3) is 0.423. The number of imide groups is 2. The molecule has 10 heteroatoms. The van der Waals surface area contributed by atoms with Crippen LogP contribution in [0.25, 0.3) is 0 Å². The van der Waals surface area contributed by atoms with E-state index in [1.54, 1.807) is 30.3 Å². The Morgan fingerprint density at radius 1 is 1.11 bits per heavy atom. The van der Waals surface area contributed by atoms with Crippen LogP contribution >= 0.6 is 0 Å². The summed E-state index contributed by atoms with van der Waals surface area (Å²) in [7, 11) is 1.51. The second-order valence-electron chi connectivity index (χ2n) is 10.1. The number of nitrogens with one attached hydrogen (secondary N) is 1. The molecule has 1 saturated heterocycles. The minimum atomic E-state index is -1.67. The molecule has 0 unspecified atom stereocenters. The Hall–Kier alpha value is -3.95. The van der Waals surface area contributed by atoms with Crippen LogP contribution in [0.5, 0.6) is 5.75 Å². The summed E-state index contributed by atoms with van der Waals surface area (Å²) in [6.07, 6.45) is -0.0634. The smallest absolute Gasteiger partial charge is 0.335 e. The van der Waals surface area contributed by atoms with Gasteiger partial charge in [-0.1, -0.05) is 27.7 Å². The first kappa shape index (κ1) is 25.2. The van der Waals surface area contributed by atoms with Crippen LogP contribution in [0, 0.1) is 27.4 Å². The van der Waals surface area contributed by atoms with E-state index in [2.05, 4.69) is 5.32 Å². The Bertz CT molecular complexity index is 1230. The lowest BCUT2D eigenvalue weighted by molar-refractivity contribution is -0.384. The summed E-state index contributed by atoms with van der Waals surface area (Å²) in [6.45, 7) is 8.45. The number of benzene rings is 2. The number of barbiturate groups is 1. The van der Waals surface area contributed by atoms with Crippen molar-refractivity contribution in [3.63, 3.8) is 0 Å². The van der Waals surface area contributed by atoms with Crippen LogP contribution in [0.3, 0.4) is 0 Å². The van der Waals surface area contributed by atoms with Crippen LogP contribution in [-0.2, 0) is 16.0 Å². The van der Waals surface area contributed by atoms with Crippen LogP contribution in [0.1, 0.15) is 33.3 Å². The highest BCUT2D eigenvalue weighted by molar-refractivity contribution is 6.30. The zero-order valence-electron chi connectivity index (χ0n) is 21.0. The summed E-state index contributed by atoms with van der Waals surface area (Å²) in [5, 5.41) is 13.9. The molecule has 36 heavy (non-hydrogen) atoms. The molecule has 2 aromatic carbocycles. The number of ether oxygens (including phenoxy) is 1. The molecule has 10 nitrogen and oxygen atoms in total. The van der Waals surface area contributed by atoms with Crippen LogP contribution < -0.4 is 19.9 Å². The Balaban J connectivity index is 1.93. The summed E-state index contributed by atoms with van der Waals surface area (Å²) in [5.74, 6) is -0.771. The number of carbonyl (C=O) groups excluding carboxylic acids is 3. The maximum absolute atomic E-state index is 14.3. The van der Waals surface area contributed by atoms with Gasteiger partial charge in [-0.2, -0.15) is 0 Å². The second kappa shape index (κ2) is 9.25. The van der Waals surface area contributed by atoms with Crippen molar-refractivity contribution in [1.82, 2.24) is 5.32 Å². The molecule has 2 atom stereocenters. The second-order valence-corrected chi connectivity index (χ2v) is 10.1. The number of amides is 4. The predicted molar refractivity (Wildman–Crippen MR) is 134 cm³/mol. The molecule has 4 rings (SSSR count). The number of nitrogens with zero attached hydrogens (tertiary/aromatic N) is 3. The number of nitro groups is 1. The lowest BCUT2D eigenvalue weighted by Gasteiger charge is -2.53. The third-order valence-corrected chi connectivity index (χ3v) is 6.83. The van der Waals surface area contributed by atoms with Crippen molar-refractivity contribution in [1.29, 1.82) is 0 Å². The van der Waals surface area contributed by atoms with Gasteiger partial charge in [0.1, 0.15) is 5.75 Å². The maximum Gasteiger partial charge on any atom is 0.335 e. The number of methoxy groups -OCH3 is 1. The van der Waals surface area contributed by atoms with Gasteiger partial charge in [-0.3, -0.25) is 25.0 Å². The van der Waals surface area contributed by atoms with E-state index in [0.717, 1.165) is 10.6 Å². The highest BCUT2D eigenvalue weighted by Crippen LogP contribution is 2.48. The van der Waals surface area contributed by atoms with Crippen molar-refractivity contribution in [3.05, 3.63) is 58.1 Å². The van der Waals surface area contributed by atoms with Crippen molar-refractivity contribution in [2.45, 2.75) is 40.2 Å². The largest absolute Gasteiger partial charge is 0.497 e. The molecule has 1 fully saturated rings. The minimum absolute atomic E-state index is 0.0634. The highest BCUT2D eigenvalue weighted by Gasteiger charge is 2.63. The molecule has 0 saturated carbocycles. The summed E-state index contributed by atoms with van der Waals surface area (Å²) in [6, 6.07) is 9.56. The molecular weight excluding hydrogens is 464 g/mol. The number of anilines is 2. The summed E-state index contributed by atoms with van der Waals surface area (Å²) in [5.41, 5.74) is -0.212. The standard InChI is InChI=1S/C26H30N4O6/c1-15(2)14-28-21-11-8-19(30(34)35)12-17(21)13-26(22(28)16(3)4)23(31)27-25(33)29(24(26)32)18-6-9-20(36-5)10-7-18/h6-12,15-16,22H,13-14H2,1-5H3,(H,27,31,33)/t22-,26+/m0/s1. The van der Waals surface area contributed by atoms with Gasteiger partial charge < -0.3 is 9.64 Å². The number of nitro benzene ring substituents is 1. The molecule has 190 valence electrons. The number of urea groups is 1. The Kier molecular flexibility index (Phi) is 6.46. The van der Waals surface area contributed by atoms with Gasteiger partial charge in [0.25, 0.3) is 11.6 Å². The first-order valence-corrected chi connectivity index (χ1v) is 11.9. The quantitative estimate of drug-likeness (QED) is 0.367. The third-order valence-electron chi connectivity index (χ3n) is 6.83. The van der Waals surface area contributed by atoms with Gasteiger partial charge in [-0.05, 0) is 47.7 Å². The molecular formula is C26H30N4O6. The molecule has 1 N–H and O–H groups in total. The SMILES string of the molecule is COc1ccc(N2C(=O)NC(=O)[C@]3(Cc4cc([N+](=O)[O-])ccc4N(CC(C)C)[C@H]3C(C)C)C2=O)cc1. The van der Waals surface area contributed by atoms with Crippen molar-refractivity contribution in [2.75, 3.05) is 23.5 Å². The Morgan fingerprint density at radius 2 is 1.78 bits per heavy atom. The molecule has 4 amide bonds. The average molecular weight is 495 g/mol. The number of fused-ring (bicyclic) bond motifs is 1. The van der Waals surface area contributed by atoms with E-state index in [4.69, 9.17) is 4.74 Å². The average Bonchev–Trinajstić information content (AvgIpc) is 2.82. The van der Waals surface area contributed by atoms with Gasteiger partial charge in [0.05, 0.1) is 23.8 Å². The van der Waals surface area contributed by atoms with Gasteiger partial charge in [0.15, 0.2) is 5.41 Å². The normalized spacial score (nSPS) is 21.8. The molecule has 0 bridgehead atoms. The fourth-order valence-electron chi connectivity index (χ4n) is 5.50. The summed E-state index contributed by atoms with van der Waals surface area (Å²) < 4.78 is 5.19. The van der Waals surface area contributed by atoms with Crippen molar-refractivity contribution >= 4 is 34.9 Å². The molecule has 0 radical (unpaired) electrons. The Labute approximate surface area is 209 Å². The fourth-order valence-corrected chi connectivity index (χ4v) is 5.50. The van der Waals surface area contributed by atoms with Gasteiger partial charge in [-0.25, -0.2) is 9.69 Å². The number of non-ortho nitro benzene ring substituents is 1. The van der Waals surface area contributed by atoms with E-state index >= 15 is 0 Å². The zero-order chi connectivity index (χ0) is 26.4. The van der Waals surface area contributed by atoms with Crippen molar-refractivity contribution in [3.8, 4) is 5.75 Å². The zero-order valence-corrected chi connectivity index (χ0v) is 21.0. The van der Waals surface area contributed by atoms with E-state index < -0.39 is 34.2 Å². The van der Waals surface area contributed by atoms with Gasteiger partial charge in [0, 0.05) is 30.8 Å². The van der Waals surface area contributed by atoms with Crippen LogP contribution in [0.2, 0.25) is 0 Å².